The molecule has 1 aromatic heterocycles. The van der Waals surface area contributed by atoms with Gasteiger partial charge in [-0.25, -0.2) is 4.68 Å². The summed E-state index contributed by atoms with van der Waals surface area (Å²) < 4.78 is 13.4. The smallest absolute Gasteiger partial charge is 0.228 e. The molecule has 27 heavy (non-hydrogen) atoms. The lowest BCUT2D eigenvalue weighted by molar-refractivity contribution is -0.115. The third-order valence-corrected chi connectivity index (χ3v) is 4.63. The third kappa shape index (κ3) is 4.54. The molecule has 0 spiro atoms. The molecule has 3 N–H and O–H groups in total. The van der Waals surface area contributed by atoms with Crippen molar-refractivity contribution in [3.05, 3.63) is 71.5 Å². The summed E-state index contributed by atoms with van der Waals surface area (Å²) >= 11 is -1.79. The van der Waals surface area contributed by atoms with Crippen LogP contribution in [0.25, 0.3) is 5.69 Å². The fraction of sp³-hybridized carbons (Fsp3) is 0.105. The van der Waals surface area contributed by atoms with Gasteiger partial charge in [0.1, 0.15) is 11.8 Å². The molecular weight excluding hydrogens is 362 g/mol. The Hall–Kier alpha value is -3.12. The predicted molar refractivity (Wildman–Crippen MR) is 102 cm³/mol. The van der Waals surface area contributed by atoms with E-state index in [-0.39, 0.29) is 12.3 Å². The van der Waals surface area contributed by atoms with E-state index in [9.17, 15) is 9.35 Å². The maximum atomic E-state index is 12.3. The highest BCUT2D eigenvalue weighted by Crippen LogP contribution is 2.23. The summed E-state index contributed by atoms with van der Waals surface area (Å²) in [7, 11) is 0. The number of anilines is 1. The molecule has 1 unspecified atom stereocenters. The lowest BCUT2D eigenvalue weighted by Gasteiger charge is -2.12. The maximum absolute atomic E-state index is 12.3. The van der Waals surface area contributed by atoms with Crippen molar-refractivity contribution in [3.63, 3.8) is 0 Å². The second-order valence-corrected chi connectivity index (χ2v) is 7.01. The number of hydrogen-bond donors (Lipinski definition) is 2. The van der Waals surface area contributed by atoms with Crippen LogP contribution in [0.2, 0.25) is 0 Å². The zero-order valence-corrected chi connectivity index (χ0v) is 15.4. The Bertz CT molecular complexity index is 1020. The Morgan fingerprint density at radius 2 is 2.19 bits per heavy atom. The summed E-state index contributed by atoms with van der Waals surface area (Å²) in [5.74, 6) is -0.187. The molecule has 0 saturated carbocycles. The van der Waals surface area contributed by atoms with Gasteiger partial charge in [0.05, 0.1) is 29.5 Å². The van der Waals surface area contributed by atoms with Crippen molar-refractivity contribution in [3.8, 4) is 11.8 Å². The molecule has 0 aliphatic carbocycles. The first kappa shape index (κ1) is 18.7. The van der Waals surface area contributed by atoms with E-state index in [2.05, 4.69) is 10.4 Å². The fourth-order valence-electron chi connectivity index (χ4n) is 2.67. The summed E-state index contributed by atoms with van der Waals surface area (Å²) in [5, 5.41) is 21.4. The van der Waals surface area contributed by atoms with Gasteiger partial charge in [0.2, 0.25) is 10.8 Å². The number of nitrogens with one attached hydrogen (secondary N) is 1. The van der Waals surface area contributed by atoms with Crippen LogP contribution in [-0.2, 0) is 22.6 Å². The molecule has 8 heteroatoms. The molecule has 7 nitrogen and oxygen atoms in total. The van der Waals surface area contributed by atoms with Gasteiger partial charge in [-0.3, -0.25) is 4.79 Å². The quantitative estimate of drug-likeness (QED) is 0.659. The van der Waals surface area contributed by atoms with Crippen molar-refractivity contribution in [2.45, 2.75) is 18.2 Å². The molecule has 3 rings (SSSR count). The zero-order valence-electron chi connectivity index (χ0n) is 14.5. The minimum Gasteiger partial charge on any atom is -0.593 e. The molecule has 0 fully saturated rings. The molecule has 136 valence electrons. The molecule has 1 amide bonds. The van der Waals surface area contributed by atoms with Crippen molar-refractivity contribution in [2.75, 3.05) is 5.32 Å². The van der Waals surface area contributed by atoms with Gasteiger partial charge in [-0.1, -0.05) is 29.8 Å². The first-order valence-electron chi connectivity index (χ1n) is 8.07. The lowest BCUT2D eigenvalue weighted by atomic mass is 10.1. The SMILES string of the molecule is Cc1cccc(CC(=O)Nc2ccc(-n3cc(C#N)cn3)c([S+](N)[O-])c2)c1. The molecular formula is C19H17N5O2S. The highest BCUT2D eigenvalue weighted by Gasteiger charge is 2.17. The van der Waals surface area contributed by atoms with Gasteiger partial charge in [0.25, 0.3) is 0 Å². The van der Waals surface area contributed by atoms with Crippen LogP contribution in [0.4, 0.5) is 5.69 Å². The van der Waals surface area contributed by atoms with Crippen LogP contribution in [0.15, 0.2) is 59.8 Å². The van der Waals surface area contributed by atoms with Crippen LogP contribution >= 0.6 is 0 Å². The number of nitriles is 1. The summed E-state index contributed by atoms with van der Waals surface area (Å²) in [6, 6.07) is 14.6. The topological polar surface area (TPSA) is 120 Å². The standard InChI is InChI=1S/C19H17N5O2S/c1-13-3-2-4-14(7-13)8-19(25)23-16-5-6-17(18(9-16)27(21)26)24-12-15(10-20)11-22-24/h2-7,9,11-12H,8,21H2,1H3,(H,23,25). The van der Waals surface area contributed by atoms with E-state index >= 15 is 0 Å². The van der Waals surface area contributed by atoms with Gasteiger partial charge in [-0.15, -0.1) is 5.14 Å². The number of hydrogen-bond acceptors (Lipinski definition) is 5. The van der Waals surface area contributed by atoms with E-state index in [1.165, 1.54) is 17.1 Å². The van der Waals surface area contributed by atoms with Crippen molar-refractivity contribution >= 4 is 23.0 Å². The Kier molecular flexibility index (Phi) is 5.57. The summed E-state index contributed by atoms with van der Waals surface area (Å²) in [6.07, 6.45) is 3.15. The second kappa shape index (κ2) is 8.05. The van der Waals surface area contributed by atoms with Crippen LogP contribution in [-0.4, -0.2) is 20.2 Å². The van der Waals surface area contributed by atoms with E-state index in [0.29, 0.717) is 21.8 Å². The molecule has 0 radical (unpaired) electrons. The number of carbonyl (C=O) groups is 1. The van der Waals surface area contributed by atoms with Crippen LogP contribution in [0.1, 0.15) is 16.7 Å². The van der Waals surface area contributed by atoms with Gasteiger partial charge in [-0.05, 0) is 24.6 Å². The average molecular weight is 379 g/mol. The van der Waals surface area contributed by atoms with E-state index in [1.807, 2.05) is 37.3 Å². The highest BCUT2D eigenvalue weighted by atomic mass is 32.2. The zero-order chi connectivity index (χ0) is 19.4. The number of benzene rings is 2. The average Bonchev–Trinajstić information content (AvgIpc) is 3.10. The summed E-state index contributed by atoms with van der Waals surface area (Å²) in [6.45, 7) is 1.97. The molecule has 0 saturated heterocycles. The number of nitrogens with two attached hydrogens (primary N) is 1. The van der Waals surface area contributed by atoms with Crippen LogP contribution in [0.5, 0.6) is 0 Å². The molecule has 1 atom stereocenters. The number of amides is 1. The van der Waals surface area contributed by atoms with E-state index < -0.39 is 11.4 Å². The monoisotopic (exact) mass is 379 g/mol. The van der Waals surface area contributed by atoms with Gasteiger partial charge >= 0.3 is 0 Å². The maximum Gasteiger partial charge on any atom is 0.228 e. The Labute approximate surface area is 159 Å². The second-order valence-electron chi connectivity index (χ2n) is 5.98. The Balaban J connectivity index is 1.81. The third-order valence-electron chi connectivity index (χ3n) is 3.87. The number of rotatable bonds is 5. The first-order valence-corrected chi connectivity index (χ1v) is 9.28. The van der Waals surface area contributed by atoms with Crippen LogP contribution in [0, 0.1) is 18.3 Å². The molecule has 1 heterocycles. The largest absolute Gasteiger partial charge is 0.593 e. The van der Waals surface area contributed by atoms with Crippen LogP contribution in [0.3, 0.4) is 0 Å². The Morgan fingerprint density at radius 3 is 2.85 bits per heavy atom. The normalized spacial score (nSPS) is 11.6. The molecule has 3 aromatic rings. The molecule has 0 aliphatic rings. The summed E-state index contributed by atoms with van der Waals surface area (Å²) in [4.78, 5) is 12.6. The van der Waals surface area contributed by atoms with Gasteiger partial charge in [-0.2, -0.15) is 10.4 Å². The van der Waals surface area contributed by atoms with Crippen molar-refractivity contribution in [2.24, 2.45) is 5.14 Å². The van der Waals surface area contributed by atoms with E-state index in [0.717, 1.165) is 11.1 Å². The number of carbonyl (C=O) groups excluding carboxylic acids is 1. The molecule has 0 bridgehead atoms. The van der Waals surface area contributed by atoms with Gasteiger partial charge in [0.15, 0.2) is 0 Å². The van der Waals surface area contributed by atoms with Crippen molar-refractivity contribution < 1.29 is 9.35 Å². The highest BCUT2D eigenvalue weighted by molar-refractivity contribution is 7.89. The van der Waals surface area contributed by atoms with Crippen molar-refractivity contribution in [1.29, 1.82) is 5.26 Å². The first-order chi connectivity index (χ1) is 13.0. The number of aromatic nitrogens is 2. The fourth-order valence-corrected chi connectivity index (χ4v) is 3.28. The van der Waals surface area contributed by atoms with E-state index in [4.69, 9.17) is 10.4 Å². The minimum atomic E-state index is -1.79. The van der Waals surface area contributed by atoms with Crippen molar-refractivity contribution in [1.82, 2.24) is 9.78 Å². The minimum absolute atomic E-state index is 0.187. The van der Waals surface area contributed by atoms with Gasteiger partial charge in [0, 0.05) is 18.0 Å². The number of aryl methyl sites for hydroxylation is 1. The van der Waals surface area contributed by atoms with Gasteiger partial charge < -0.3 is 9.87 Å². The molecule has 0 aliphatic heterocycles. The lowest BCUT2D eigenvalue weighted by Crippen LogP contribution is -2.18. The number of nitrogens with zero attached hydrogens (tertiary/aromatic N) is 3. The van der Waals surface area contributed by atoms with E-state index in [1.54, 1.807) is 18.2 Å². The predicted octanol–water partition coefficient (Wildman–Crippen LogP) is 2.21. The molecule has 2 aromatic carbocycles. The summed E-state index contributed by atoms with van der Waals surface area (Å²) in [5.41, 5.74) is 3.33. The Morgan fingerprint density at radius 1 is 1.37 bits per heavy atom. The van der Waals surface area contributed by atoms with Crippen LogP contribution < -0.4 is 10.5 Å².